The Labute approximate surface area is 94.0 Å². The van der Waals surface area contributed by atoms with Crippen molar-refractivity contribution >= 4 is 0 Å². The second-order valence-corrected chi connectivity index (χ2v) is 3.80. The van der Waals surface area contributed by atoms with Gasteiger partial charge in [-0.25, -0.2) is 9.97 Å². The molecule has 2 aromatic heterocycles. The summed E-state index contributed by atoms with van der Waals surface area (Å²) in [7, 11) is 0. The van der Waals surface area contributed by atoms with Gasteiger partial charge in [-0.2, -0.15) is 0 Å². The SMILES string of the molecule is Cc1nc(-c2ccoc2C)ncc1[C@H](C)O. The molecule has 16 heavy (non-hydrogen) atoms. The van der Waals surface area contributed by atoms with Crippen molar-refractivity contribution in [2.45, 2.75) is 26.9 Å². The van der Waals surface area contributed by atoms with E-state index in [0.717, 1.165) is 22.6 Å². The highest BCUT2D eigenvalue weighted by Gasteiger charge is 2.11. The van der Waals surface area contributed by atoms with E-state index in [1.807, 2.05) is 19.9 Å². The van der Waals surface area contributed by atoms with Crippen LogP contribution in [-0.4, -0.2) is 15.1 Å². The van der Waals surface area contributed by atoms with Gasteiger partial charge in [-0.05, 0) is 26.8 Å². The van der Waals surface area contributed by atoms with Gasteiger partial charge < -0.3 is 9.52 Å². The molecule has 2 aromatic rings. The summed E-state index contributed by atoms with van der Waals surface area (Å²) >= 11 is 0. The van der Waals surface area contributed by atoms with Crippen molar-refractivity contribution < 1.29 is 9.52 Å². The van der Waals surface area contributed by atoms with Crippen LogP contribution in [-0.2, 0) is 0 Å². The molecular weight excluding hydrogens is 204 g/mol. The lowest BCUT2D eigenvalue weighted by Gasteiger charge is -2.08. The molecular formula is C12H14N2O2. The van der Waals surface area contributed by atoms with E-state index in [4.69, 9.17) is 4.42 Å². The van der Waals surface area contributed by atoms with Crippen LogP contribution in [0.4, 0.5) is 0 Å². The molecule has 0 aromatic carbocycles. The topological polar surface area (TPSA) is 59.2 Å². The van der Waals surface area contributed by atoms with E-state index < -0.39 is 6.10 Å². The van der Waals surface area contributed by atoms with Crippen molar-refractivity contribution in [3.63, 3.8) is 0 Å². The molecule has 0 amide bonds. The molecule has 4 nitrogen and oxygen atoms in total. The first-order valence-electron chi connectivity index (χ1n) is 5.15. The highest BCUT2D eigenvalue weighted by atomic mass is 16.3. The zero-order chi connectivity index (χ0) is 11.7. The van der Waals surface area contributed by atoms with Gasteiger partial charge in [0, 0.05) is 17.5 Å². The number of aliphatic hydroxyl groups is 1. The smallest absolute Gasteiger partial charge is 0.162 e. The molecule has 1 N–H and O–H groups in total. The molecule has 0 aliphatic carbocycles. The Morgan fingerprint density at radius 3 is 2.62 bits per heavy atom. The average Bonchev–Trinajstić information content (AvgIpc) is 2.63. The zero-order valence-electron chi connectivity index (χ0n) is 9.56. The first kappa shape index (κ1) is 10.8. The largest absolute Gasteiger partial charge is 0.469 e. The maximum absolute atomic E-state index is 9.48. The normalized spacial score (nSPS) is 12.8. The second kappa shape index (κ2) is 4.06. The number of furan rings is 1. The Morgan fingerprint density at radius 2 is 2.12 bits per heavy atom. The van der Waals surface area contributed by atoms with Crippen LogP contribution in [0.25, 0.3) is 11.4 Å². The quantitative estimate of drug-likeness (QED) is 0.840. The summed E-state index contributed by atoms with van der Waals surface area (Å²) < 4.78 is 5.21. The monoisotopic (exact) mass is 218 g/mol. The Hall–Kier alpha value is -1.68. The van der Waals surface area contributed by atoms with Gasteiger partial charge in [0.2, 0.25) is 0 Å². The maximum atomic E-state index is 9.48. The lowest BCUT2D eigenvalue weighted by molar-refractivity contribution is 0.197. The summed E-state index contributed by atoms with van der Waals surface area (Å²) in [6.45, 7) is 5.44. The van der Waals surface area contributed by atoms with E-state index >= 15 is 0 Å². The summed E-state index contributed by atoms with van der Waals surface area (Å²) in [5.41, 5.74) is 2.44. The third-order valence-electron chi connectivity index (χ3n) is 2.57. The molecule has 84 valence electrons. The first-order valence-corrected chi connectivity index (χ1v) is 5.15. The minimum absolute atomic E-state index is 0.542. The van der Waals surface area contributed by atoms with Gasteiger partial charge in [0.25, 0.3) is 0 Å². The molecule has 1 atom stereocenters. The molecule has 4 heteroatoms. The van der Waals surface area contributed by atoms with Crippen LogP contribution >= 0.6 is 0 Å². The molecule has 0 saturated carbocycles. The Kier molecular flexibility index (Phi) is 2.75. The van der Waals surface area contributed by atoms with Crippen LogP contribution in [0.3, 0.4) is 0 Å². The van der Waals surface area contributed by atoms with Gasteiger partial charge in [-0.1, -0.05) is 0 Å². The van der Waals surface area contributed by atoms with Crippen LogP contribution in [0.15, 0.2) is 22.9 Å². The lowest BCUT2D eigenvalue weighted by atomic mass is 10.1. The van der Waals surface area contributed by atoms with Gasteiger partial charge in [0.05, 0.1) is 17.9 Å². The maximum Gasteiger partial charge on any atom is 0.162 e. The van der Waals surface area contributed by atoms with Crippen molar-refractivity contribution in [2.24, 2.45) is 0 Å². The minimum Gasteiger partial charge on any atom is -0.469 e. The van der Waals surface area contributed by atoms with Crippen LogP contribution in [0.5, 0.6) is 0 Å². The third kappa shape index (κ3) is 1.84. The van der Waals surface area contributed by atoms with Crippen molar-refractivity contribution in [3.05, 3.63) is 35.5 Å². The summed E-state index contributed by atoms with van der Waals surface area (Å²) in [6.07, 6.45) is 2.74. The van der Waals surface area contributed by atoms with E-state index in [-0.39, 0.29) is 0 Å². The number of aliphatic hydroxyl groups excluding tert-OH is 1. The van der Waals surface area contributed by atoms with E-state index in [1.54, 1.807) is 19.4 Å². The van der Waals surface area contributed by atoms with E-state index in [1.165, 1.54) is 0 Å². The Balaban J connectivity index is 2.46. The van der Waals surface area contributed by atoms with Crippen LogP contribution < -0.4 is 0 Å². The standard InChI is InChI=1S/C12H14N2O2/c1-7-11(8(2)15)6-13-12(14-7)10-4-5-16-9(10)3/h4-6,8,15H,1-3H3/t8-/m0/s1. The highest BCUT2D eigenvalue weighted by molar-refractivity contribution is 5.57. The summed E-state index contributed by atoms with van der Waals surface area (Å²) in [5, 5.41) is 9.48. The van der Waals surface area contributed by atoms with Crippen molar-refractivity contribution in [2.75, 3.05) is 0 Å². The number of aromatic nitrogens is 2. The van der Waals surface area contributed by atoms with E-state index in [2.05, 4.69) is 9.97 Å². The first-order chi connectivity index (χ1) is 7.59. The van der Waals surface area contributed by atoms with Crippen LogP contribution in [0, 0.1) is 13.8 Å². The second-order valence-electron chi connectivity index (χ2n) is 3.80. The van der Waals surface area contributed by atoms with E-state index in [9.17, 15) is 5.11 Å². The molecule has 0 aliphatic rings. The highest BCUT2D eigenvalue weighted by Crippen LogP contribution is 2.22. The fraction of sp³-hybridized carbons (Fsp3) is 0.333. The predicted octanol–water partition coefficient (Wildman–Crippen LogP) is 2.41. The van der Waals surface area contributed by atoms with E-state index in [0.29, 0.717) is 5.82 Å². The fourth-order valence-corrected chi connectivity index (χ4v) is 1.63. The molecule has 0 radical (unpaired) electrons. The van der Waals surface area contributed by atoms with Gasteiger partial charge in [-0.15, -0.1) is 0 Å². The summed E-state index contributed by atoms with van der Waals surface area (Å²) in [5.74, 6) is 1.43. The predicted molar refractivity (Wildman–Crippen MR) is 59.8 cm³/mol. The number of nitrogens with zero attached hydrogens (tertiary/aromatic N) is 2. The number of hydrogen-bond acceptors (Lipinski definition) is 4. The van der Waals surface area contributed by atoms with Crippen LogP contribution in [0.1, 0.15) is 30.0 Å². The molecule has 2 rings (SSSR count). The molecule has 2 heterocycles. The zero-order valence-corrected chi connectivity index (χ0v) is 9.56. The fourth-order valence-electron chi connectivity index (χ4n) is 1.63. The molecule has 0 bridgehead atoms. The molecule has 0 aliphatic heterocycles. The molecule has 0 spiro atoms. The molecule has 0 saturated heterocycles. The summed E-state index contributed by atoms with van der Waals surface area (Å²) in [6, 6.07) is 1.84. The van der Waals surface area contributed by atoms with Crippen molar-refractivity contribution in [1.82, 2.24) is 9.97 Å². The Morgan fingerprint density at radius 1 is 1.38 bits per heavy atom. The summed E-state index contributed by atoms with van der Waals surface area (Å²) in [4.78, 5) is 8.60. The number of rotatable bonds is 2. The molecule has 0 unspecified atom stereocenters. The average molecular weight is 218 g/mol. The number of hydrogen-bond donors (Lipinski definition) is 1. The van der Waals surface area contributed by atoms with Crippen molar-refractivity contribution in [3.8, 4) is 11.4 Å². The number of aryl methyl sites for hydroxylation is 2. The van der Waals surface area contributed by atoms with Gasteiger partial charge >= 0.3 is 0 Å². The van der Waals surface area contributed by atoms with Gasteiger partial charge in [-0.3, -0.25) is 0 Å². The van der Waals surface area contributed by atoms with Crippen molar-refractivity contribution in [1.29, 1.82) is 0 Å². The van der Waals surface area contributed by atoms with Gasteiger partial charge in [0.1, 0.15) is 5.76 Å². The molecule has 0 fully saturated rings. The Bertz CT molecular complexity index is 503. The van der Waals surface area contributed by atoms with Gasteiger partial charge in [0.15, 0.2) is 5.82 Å². The lowest BCUT2D eigenvalue weighted by Crippen LogP contribution is -2.01. The third-order valence-corrected chi connectivity index (χ3v) is 2.57. The minimum atomic E-state index is -0.542. The van der Waals surface area contributed by atoms with Crippen LogP contribution in [0.2, 0.25) is 0 Å².